The number of hydrogen-bond acceptors (Lipinski definition) is 3. The predicted octanol–water partition coefficient (Wildman–Crippen LogP) is -0.241. The molecule has 0 atom stereocenters. The van der Waals surface area contributed by atoms with Crippen LogP contribution in [0.2, 0.25) is 0 Å². The Morgan fingerprint density at radius 2 is 2.29 bits per heavy atom. The molecule has 4 nitrogen and oxygen atoms in total. The molecule has 0 spiro atoms. The highest BCUT2D eigenvalue weighted by atomic mass is 19.1. The number of nitro groups is 1. The van der Waals surface area contributed by atoms with Gasteiger partial charge in [-0.25, -0.2) is 0 Å². The molecule has 0 aliphatic carbocycles. The lowest BCUT2D eigenvalue weighted by Gasteiger charge is -1.77. The highest BCUT2D eigenvalue weighted by molar-refractivity contribution is 5.68. The van der Waals surface area contributed by atoms with Crippen LogP contribution in [-0.2, 0) is 4.79 Å². The van der Waals surface area contributed by atoms with Crippen LogP contribution in [0.1, 0.15) is 0 Å². The summed E-state index contributed by atoms with van der Waals surface area (Å²) in [5.41, 5.74) is 0. The molecule has 0 saturated carbocycles. The first kappa shape index (κ1) is 6.00. The summed E-state index contributed by atoms with van der Waals surface area (Å²) in [6.45, 7) is -1.22. The van der Waals surface area contributed by atoms with Gasteiger partial charge in [-0.1, -0.05) is 0 Å². The largest absolute Gasteiger partial charge is 0.371 e. The maximum atomic E-state index is 10.9. The van der Waals surface area contributed by atoms with E-state index in [0.29, 0.717) is 0 Å². The highest BCUT2D eigenvalue weighted by Gasteiger charge is 2.04. The fraction of sp³-hybridized carbons (Fsp3) is 0.500. The van der Waals surface area contributed by atoms with Gasteiger partial charge < -0.3 is 0 Å². The van der Waals surface area contributed by atoms with Crippen LogP contribution in [0.4, 0.5) is 4.39 Å². The lowest BCUT2D eigenvalue weighted by atomic mass is 10.7. The molecule has 0 aliphatic rings. The van der Waals surface area contributed by atoms with E-state index in [-0.39, 0.29) is 0 Å². The summed E-state index contributed by atoms with van der Waals surface area (Å²) in [5.74, 6) is 0. The van der Waals surface area contributed by atoms with Gasteiger partial charge in [0.15, 0.2) is 0 Å². The van der Waals surface area contributed by atoms with E-state index in [4.69, 9.17) is 14.9 Å². The van der Waals surface area contributed by atoms with E-state index in [0.717, 1.165) is 0 Å². The summed E-state index contributed by atoms with van der Waals surface area (Å²) in [6, 6.07) is -1.91. The Kier molecular flexibility index (Phi) is 1.90. The predicted molar refractivity (Wildman–Crippen MR) is 18.0 cm³/mol. The van der Waals surface area contributed by atoms with Crippen molar-refractivity contribution in [2.45, 2.75) is 0 Å². The zero-order chi connectivity index (χ0) is 5.86. The number of halogens is 1. The van der Waals surface area contributed by atoms with Crippen LogP contribution in [0.25, 0.3) is 0 Å². The molecule has 0 aromatic rings. The van der Waals surface area contributed by atoms with Gasteiger partial charge >= 0.3 is 6.04 Å². The van der Waals surface area contributed by atoms with Crippen molar-refractivity contribution in [2.24, 2.45) is 0 Å². The molecule has 0 saturated heterocycles. The lowest BCUT2D eigenvalue weighted by Crippen LogP contribution is -2.07. The minimum Gasteiger partial charge on any atom is -0.264 e. The standard InChI is InChI=1S/C2H2FNO3/c3-2(5)1-4(6)7/h1H2. The van der Waals surface area contributed by atoms with Gasteiger partial charge in [-0.05, 0) is 0 Å². The molecular formula is C2H2FNO3. The van der Waals surface area contributed by atoms with Gasteiger partial charge in [0, 0.05) is 4.92 Å². The van der Waals surface area contributed by atoms with E-state index in [2.05, 4.69) is 0 Å². The van der Waals surface area contributed by atoms with E-state index in [1.165, 1.54) is 0 Å². The summed E-state index contributed by atoms with van der Waals surface area (Å²) < 4.78 is 10.9. The van der Waals surface area contributed by atoms with Crippen LogP contribution < -0.4 is 0 Å². The fourth-order valence-corrected chi connectivity index (χ4v) is 0.101. The molecule has 40 valence electrons. The van der Waals surface area contributed by atoms with Crippen molar-refractivity contribution in [1.29, 1.82) is 0 Å². The third-order valence-corrected chi connectivity index (χ3v) is 0.253. The summed E-state index contributed by atoms with van der Waals surface area (Å²) in [7, 11) is 0. The Balaban J connectivity index is 3.32. The maximum absolute atomic E-state index is 10.9. The molecule has 0 unspecified atom stereocenters. The zero-order valence-electron chi connectivity index (χ0n) is 3.26. The molecule has 0 rings (SSSR count). The summed E-state index contributed by atoms with van der Waals surface area (Å²) in [5, 5.41) is 9.15. The number of carbonyl (C=O) groups excluding carboxylic acids is 1. The topological polar surface area (TPSA) is 60.2 Å². The van der Waals surface area contributed by atoms with Crippen molar-refractivity contribution >= 4 is 6.04 Å². The molecular weight excluding hydrogens is 105 g/mol. The zero-order valence-corrected chi connectivity index (χ0v) is 3.26. The number of rotatable bonds is 2. The average Bonchev–Trinajstić information content (AvgIpc) is 1.27. The monoisotopic (exact) mass is 107 g/mol. The smallest absolute Gasteiger partial charge is 0.264 e. The second-order valence-corrected chi connectivity index (χ2v) is 0.846. The Morgan fingerprint density at radius 3 is 2.29 bits per heavy atom. The first-order valence-electron chi connectivity index (χ1n) is 1.43. The SMILES string of the molecule is O=C(F)C[N+](=O)[O-]. The van der Waals surface area contributed by atoms with Crippen molar-refractivity contribution in [2.75, 3.05) is 6.54 Å². The third-order valence-electron chi connectivity index (χ3n) is 0.253. The van der Waals surface area contributed by atoms with Crippen LogP contribution in [0, 0.1) is 10.1 Å². The summed E-state index contributed by atoms with van der Waals surface area (Å²) >= 11 is 0. The minimum atomic E-state index is -1.91. The van der Waals surface area contributed by atoms with E-state index < -0.39 is 17.5 Å². The first-order valence-corrected chi connectivity index (χ1v) is 1.43. The minimum absolute atomic E-state index is 1.03. The highest BCUT2D eigenvalue weighted by Crippen LogP contribution is 1.72. The summed E-state index contributed by atoms with van der Waals surface area (Å²) in [4.78, 5) is 17.3. The quantitative estimate of drug-likeness (QED) is 0.278. The molecule has 0 aromatic carbocycles. The fourth-order valence-electron chi connectivity index (χ4n) is 0.101. The molecule has 0 bridgehead atoms. The maximum Gasteiger partial charge on any atom is 0.371 e. The van der Waals surface area contributed by atoms with Crippen LogP contribution in [0.15, 0.2) is 0 Å². The second-order valence-electron chi connectivity index (χ2n) is 0.846. The van der Waals surface area contributed by atoms with Gasteiger partial charge in [0.25, 0.3) is 6.54 Å². The van der Waals surface area contributed by atoms with Crippen molar-refractivity contribution in [3.05, 3.63) is 10.1 Å². The van der Waals surface area contributed by atoms with Gasteiger partial charge in [-0.2, -0.15) is 4.39 Å². The Labute approximate surface area is 38.1 Å². The van der Waals surface area contributed by atoms with E-state index in [9.17, 15) is 4.39 Å². The van der Waals surface area contributed by atoms with Crippen molar-refractivity contribution in [3.8, 4) is 0 Å². The second kappa shape index (κ2) is 2.22. The van der Waals surface area contributed by atoms with Gasteiger partial charge in [0.05, 0.1) is 0 Å². The Morgan fingerprint density at radius 1 is 1.86 bits per heavy atom. The van der Waals surface area contributed by atoms with Crippen molar-refractivity contribution in [3.63, 3.8) is 0 Å². The molecule has 0 aromatic heterocycles. The summed E-state index contributed by atoms with van der Waals surface area (Å²) in [6.07, 6.45) is 0. The molecule has 5 heteroatoms. The molecule has 0 fully saturated rings. The normalized spacial score (nSPS) is 8.14. The number of nitrogens with zero attached hydrogens (tertiary/aromatic N) is 1. The molecule has 7 heavy (non-hydrogen) atoms. The van der Waals surface area contributed by atoms with Gasteiger partial charge in [0.1, 0.15) is 0 Å². The van der Waals surface area contributed by atoms with Crippen LogP contribution in [0.5, 0.6) is 0 Å². The van der Waals surface area contributed by atoms with Gasteiger partial charge in [0.2, 0.25) is 0 Å². The van der Waals surface area contributed by atoms with Crippen LogP contribution >= 0.6 is 0 Å². The van der Waals surface area contributed by atoms with Crippen LogP contribution in [-0.4, -0.2) is 17.5 Å². The van der Waals surface area contributed by atoms with E-state index in [1.807, 2.05) is 0 Å². The van der Waals surface area contributed by atoms with Crippen molar-refractivity contribution < 1.29 is 14.1 Å². The van der Waals surface area contributed by atoms with Gasteiger partial charge in [-0.3, -0.25) is 14.9 Å². The molecule has 0 amide bonds. The Bertz CT molecular complexity index is 89.1. The number of carbonyl (C=O) groups is 1. The molecule has 0 aliphatic heterocycles. The van der Waals surface area contributed by atoms with Crippen LogP contribution in [0.3, 0.4) is 0 Å². The van der Waals surface area contributed by atoms with E-state index >= 15 is 0 Å². The van der Waals surface area contributed by atoms with Crippen molar-refractivity contribution in [1.82, 2.24) is 0 Å². The molecule has 0 heterocycles. The lowest BCUT2D eigenvalue weighted by molar-refractivity contribution is -0.468. The number of hydrogen-bond donors (Lipinski definition) is 0. The van der Waals surface area contributed by atoms with E-state index in [1.54, 1.807) is 0 Å². The molecule has 0 N–H and O–H groups in total. The Hall–Kier alpha value is -1.00. The average molecular weight is 107 g/mol. The molecule has 0 radical (unpaired) electrons. The van der Waals surface area contributed by atoms with Gasteiger partial charge in [-0.15, -0.1) is 0 Å². The first-order chi connectivity index (χ1) is 3.13. The third kappa shape index (κ3) is 5.00.